The van der Waals surface area contributed by atoms with E-state index in [0.717, 1.165) is 11.4 Å². The molecule has 2 fully saturated rings. The Morgan fingerprint density at radius 2 is 1.74 bits per heavy atom. The number of carbonyl (C=O) groups excluding carboxylic acids is 3. The molecule has 34 heavy (non-hydrogen) atoms. The predicted molar refractivity (Wildman–Crippen MR) is 131 cm³/mol. The van der Waals surface area contributed by atoms with Gasteiger partial charge in [0.15, 0.2) is 0 Å². The third-order valence-electron chi connectivity index (χ3n) is 6.19. The fourth-order valence-electron chi connectivity index (χ4n) is 4.28. The van der Waals surface area contributed by atoms with Gasteiger partial charge in [-0.1, -0.05) is 23.2 Å². The predicted octanol–water partition coefficient (Wildman–Crippen LogP) is 2.68. The van der Waals surface area contributed by atoms with Crippen molar-refractivity contribution in [2.75, 3.05) is 51.3 Å². The molecule has 4 rings (SSSR count). The molecule has 2 saturated heterocycles. The smallest absolute Gasteiger partial charge is 0.256 e. The Labute approximate surface area is 208 Å². The van der Waals surface area contributed by atoms with E-state index in [1.807, 2.05) is 24.3 Å². The number of methoxy groups -OCH3 is 1. The number of benzene rings is 2. The van der Waals surface area contributed by atoms with Gasteiger partial charge in [-0.2, -0.15) is 0 Å². The molecule has 2 aromatic rings. The largest absolute Gasteiger partial charge is 0.497 e. The van der Waals surface area contributed by atoms with Crippen LogP contribution in [0.4, 0.5) is 5.69 Å². The van der Waals surface area contributed by atoms with Gasteiger partial charge in [0.2, 0.25) is 11.8 Å². The fourth-order valence-corrected chi connectivity index (χ4v) is 4.77. The molecule has 0 unspecified atom stereocenters. The van der Waals surface area contributed by atoms with Crippen LogP contribution in [-0.4, -0.2) is 79.9 Å². The highest BCUT2D eigenvalue weighted by Gasteiger charge is 2.37. The molecule has 1 N–H and O–H groups in total. The lowest BCUT2D eigenvalue weighted by atomic mass is 10.0. The zero-order chi connectivity index (χ0) is 24.2. The monoisotopic (exact) mass is 504 g/mol. The Bertz CT molecular complexity index is 1070. The summed E-state index contributed by atoms with van der Waals surface area (Å²) >= 11 is 12.2. The molecule has 2 aliphatic rings. The van der Waals surface area contributed by atoms with Crippen LogP contribution >= 0.6 is 23.2 Å². The van der Waals surface area contributed by atoms with Crippen molar-refractivity contribution in [1.82, 2.24) is 15.1 Å². The van der Waals surface area contributed by atoms with Gasteiger partial charge < -0.3 is 24.8 Å². The van der Waals surface area contributed by atoms with E-state index in [4.69, 9.17) is 27.9 Å². The van der Waals surface area contributed by atoms with Crippen LogP contribution in [0.25, 0.3) is 0 Å². The highest BCUT2D eigenvalue weighted by molar-refractivity contribution is 6.36. The first kappa shape index (κ1) is 24.2. The lowest BCUT2D eigenvalue weighted by molar-refractivity contribution is -0.138. The number of hydrogen-bond acceptors (Lipinski definition) is 5. The zero-order valence-corrected chi connectivity index (χ0v) is 20.3. The van der Waals surface area contributed by atoms with Crippen molar-refractivity contribution in [3.05, 3.63) is 58.1 Å². The summed E-state index contributed by atoms with van der Waals surface area (Å²) in [5, 5.41) is 3.39. The summed E-state index contributed by atoms with van der Waals surface area (Å²) < 4.78 is 5.21. The second kappa shape index (κ2) is 10.5. The quantitative estimate of drug-likeness (QED) is 0.676. The van der Waals surface area contributed by atoms with Gasteiger partial charge in [-0.25, -0.2) is 0 Å². The molecule has 0 aromatic heterocycles. The molecule has 0 aliphatic carbocycles. The molecule has 2 aromatic carbocycles. The number of nitrogens with one attached hydrogen (secondary N) is 1. The lowest BCUT2D eigenvalue weighted by Crippen LogP contribution is -2.59. The molecule has 1 atom stereocenters. The Morgan fingerprint density at radius 3 is 2.38 bits per heavy atom. The molecule has 2 heterocycles. The molecule has 2 aliphatic heterocycles. The Hall–Kier alpha value is -2.97. The van der Waals surface area contributed by atoms with Crippen molar-refractivity contribution in [3.8, 4) is 5.75 Å². The minimum absolute atomic E-state index is 0.0781. The van der Waals surface area contributed by atoms with Crippen LogP contribution in [0.2, 0.25) is 10.0 Å². The highest BCUT2D eigenvalue weighted by atomic mass is 35.5. The second-order valence-corrected chi connectivity index (χ2v) is 9.04. The van der Waals surface area contributed by atoms with Crippen molar-refractivity contribution < 1.29 is 19.1 Å². The summed E-state index contributed by atoms with van der Waals surface area (Å²) in [6.07, 6.45) is -0.0781. The number of ether oxygens (including phenoxy) is 1. The fraction of sp³-hybridized carbons (Fsp3) is 0.375. The maximum Gasteiger partial charge on any atom is 0.256 e. The van der Waals surface area contributed by atoms with E-state index in [9.17, 15) is 14.4 Å². The van der Waals surface area contributed by atoms with Crippen LogP contribution in [0.1, 0.15) is 16.8 Å². The minimum atomic E-state index is -0.889. The van der Waals surface area contributed by atoms with E-state index < -0.39 is 11.9 Å². The zero-order valence-electron chi connectivity index (χ0n) is 18.8. The molecule has 0 radical (unpaired) electrons. The van der Waals surface area contributed by atoms with Crippen molar-refractivity contribution in [3.63, 3.8) is 0 Å². The molecule has 3 amide bonds. The molecular weight excluding hydrogens is 479 g/mol. The number of halogens is 2. The van der Waals surface area contributed by atoms with Crippen molar-refractivity contribution in [2.24, 2.45) is 0 Å². The van der Waals surface area contributed by atoms with Crippen molar-refractivity contribution in [2.45, 2.75) is 12.5 Å². The second-order valence-electron chi connectivity index (χ2n) is 8.20. The molecular formula is C24H26Cl2N4O4. The Kier molecular flexibility index (Phi) is 7.48. The highest BCUT2D eigenvalue weighted by Crippen LogP contribution is 2.25. The SMILES string of the molecule is COc1ccc(N2CCN(C(=O)C[C@H]3C(=O)NCCN3C(=O)c3ccc(Cl)cc3Cl)CC2)cc1. The van der Waals surface area contributed by atoms with Gasteiger partial charge in [-0.05, 0) is 42.5 Å². The van der Waals surface area contributed by atoms with E-state index in [1.54, 1.807) is 18.1 Å². The molecule has 10 heteroatoms. The van der Waals surface area contributed by atoms with Gasteiger partial charge in [0, 0.05) is 50.0 Å². The van der Waals surface area contributed by atoms with Crippen LogP contribution in [0.3, 0.4) is 0 Å². The van der Waals surface area contributed by atoms with Crippen LogP contribution in [0.5, 0.6) is 5.75 Å². The Balaban J connectivity index is 1.40. The van der Waals surface area contributed by atoms with Gasteiger partial charge >= 0.3 is 0 Å². The standard InChI is InChI=1S/C24H26Cl2N4O4/c1-34-18-5-3-17(4-6-18)28-10-12-29(13-11-28)22(31)15-21-23(32)27-8-9-30(21)24(33)19-7-2-16(25)14-20(19)26/h2-7,14,21H,8-13,15H2,1H3,(H,27,32)/t21-/m0/s1. The normalized spacial score (nSPS) is 18.5. The number of rotatable bonds is 5. The molecule has 8 nitrogen and oxygen atoms in total. The first-order chi connectivity index (χ1) is 16.4. The summed E-state index contributed by atoms with van der Waals surface area (Å²) in [5.74, 6) is -0.0905. The topological polar surface area (TPSA) is 82.2 Å². The van der Waals surface area contributed by atoms with Crippen LogP contribution < -0.4 is 15.0 Å². The molecule has 0 saturated carbocycles. The average Bonchev–Trinajstić information content (AvgIpc) is 2.85. The number of anilines is 1. The number of amides is 3. The van der Waals surface area contributed by atoms with Crippen LogP contribution in [0.15, 0.2) is 42.5 Å². The summed E-state index contributed by atoms with van der Waals surface area (Å²) in [7, 11) is 1.63. The summed E-state index contributed by atoms with van der Waals surface area (Å²) in [5.41, 5.74) is 1.32. The number of hydrogen-bond donors (Lipinski definition) is 1. The van der Waals surface area contributed by atoms with Gasteiger partial charge in [0.1, 0.15) is 11.8 Å². The molecule has 180 valence electrons. The van der Waals surface area contributed by atoms with Gasteiger partial charge in [0.25, 0.3) is 5.91 Å². The Morgan fingerprint density at radius 1 is 1.03 bits per heavy atom. The first-order valence-corrected chi connectivity index (χ1v) is 11.8. The van der Waals surface area contributed by atoms with E-state index in [0.29, 0.717) is 44.3 Å². The van der Waals surface area contributed by atoms with E-state index in [1.165, 1.54) is 17.0 Å². The van der Waals surface area contributed by atoms with Crippen molar-refractivity contribution >= 4 is 46.6 Å². The van der Waals surface area contributed by atoms with Gasteiger partial charge in [-0.3, -0.25) is 14.4 Å². The maximum absolute atomic E-state index is 13.2. The van der Waals surface area contributed by atoms with E-state index >= 15 is 0 Å². The lowest BCUT2D eigenvalue weighted by Gasteiger charge is -2.39. The van der Waals surface area contributed by atoms with Gasteiger partial charge in [0.05, 0.1) is 24.1 Å². The minimum Gasteiger partial charge on any atom is -0.497 e. The number of carbonyl (C=O) groups is 3. The summed E-state index contributed by atoms with van der Waals surface area (Å²) in [6, 6.07) is 11.5. The first-order valence-electron chi connectivity index (χ1n) is 11.1. The summed E-state index contributed by atoms with van der Waals surface area (Å²) in [4.78, 5) is 44.3. The van der Waals surface area contributed by atoms with Crippen LogP contribution in [-0.2, 0) is 9.59 Å². The number of nitrogens with zero attached hydrogens (tertiary/aromatic N) is 3. The third-order valence-corrected chi connectivity index (χ3v) is 6.74. The maximum atomic E-state index is 13.2. The van der Waals surface area contributed by atoms with Gasteiger partial charge in [-0.15, -0.1) is 0 Å². The van der Waals surface area contributed by atoms with E-state index in [-0.39, 0.29) is 28.8 Å². The van der Waals surface area contributed by atoms with E-state index in [2.05, 4.69) is 10.2 Å². The molecule has 0 bridgehead atoms. The third kappa shape index (κ3) is 5.23. The van der Waals surface area contributed by atoms with Crippen molar-refractivity contribution in [1.29, 1.82) is 0 Å². The summed E-state index contributed by atoms with van der Waals surface area (Å²) in [6.45, 7) is 3.05. The average molecular weight is 505 g/mol. The molecule has 0 spiro atoms. The number of piperazine rings is 2. The van der Waals surface area contributed by atoms with Crippen LogP contribution in [0, 0.1) is 0 Å².